The lowest BCUT2D eigenvalue weighted by Crippen LogP contribution is -2.13. The van der Waals surface area contributed by atoms with Crippen LogP contribution in [0.4, 0.5) is 10.8 Å². The molecule has 2 aromatic carbocycles. The summed E-state index contributed by atoms with van der Waals surface area (Å²) in [5.41, 5.74) is 1.20. The second kappa shape index (κ2) is 7.74. The zero-order valence-corrected chi connectivity index (χ0v) is 15.7. The summed E-state index contributed by atoms with van der Waals surface area (Å²) in [5.74, 6) is -0.0381. The lowest BCUT2D eigenvalue weighted by molar-refractivity contribution is -0.384. The standard InChI is InChI=1S/C17H11N5O4S2/c23-14(19-16-18-12-6-1-2-7-13(12)28-16)9-27-17-21-20-15(26-17)10-4-3-5-11(8-10)22(24)25/h1-8H,9H2,(H,18,19,23). The molecule has 2 aromatic heterocycles. The van der Waals surface area contributed by atoms with Gasteiger partial charge in [-0.1, -0.05) is 41.3 Å². The Morgan fingerprint density at radius 2 is 2.07 bits per heavy atom. The Morgan fingerprint density at radius 3 is 2.89 bits per heavy atom. The average Bonchev–Trinajstić information content (AvgIpc) is 3.33. The maximum atomic E-state index is 12.1. The van der Waals surface area contributed by atoms with Crippen LogP contribution in [0.1, 0.15) is 0 Å². The lowest BCUT2D eigenvalue weighted by atomic mass is 10.2. The predicted molar refractivity (Wildman–Crippen MR) is 105 cm³/mol. The van der Waals surface area contributed by atoms with E-state index < -0.39 is 4.92 Å². The largest absolute Gasteiger partial charge is 0.411 e. The monoisotopic (exact) mass is 413 g/mol. The maximum Gasteiger partial charge on any atom is 0.277 e. The number of benzene rings is 2. The van der Waals surface area contributed by atoms with E-state index >= 15 is 0 Å². The van der Waals surface area contributed by atoms with Gasteiger partial charge in [0.1, 0.15) is 0 Å². The second-order valence-corrected chi connectivity index (χ2v) is 7.46. The lowest BCUT2D eigenvalue weighted by Gasteiger charge is -1.98. The van der Waals surface area contributed by atoms with Crippen molar-refractivity contribution < 1.29 is 14.1 Å². The first-order chi connectivity index (χ1) is 13.6. The van der Waals surface area contributed by atoms with Gasteiger partial charge in [0.2, 0.25) is 11.8 Å². The van der Waals surface area contributed by atoms with Crippen molar-refractivity contribution in [2.45, 2.75) is 5.22 Å². The third kappa shape index (κ3) is 4.00. The van der Waals surface area contributed by atoms with Crippen molar-refractivity contribution in [3.8, 4) is 11.5 Å². The zero-order chi connectivity index (χ0) is 19.5. The van der Waals surface area contributed by atoms with E-state index in [0.717, 1.165) is 22.0 Å². The summed E-state index contributed by atoms with van der Waals surface area (Å²) < 4.78 is 6.47. The number of thioether (sulfide) groups is 1. The molecule has 0 radical (unpaired) electrons. The molecule has 0 unspecified atom stereocenters. The molecular weight excluding hydrogens is 402 g/mol. The van der Waals surface area contributed by atoms with Crippen LogP contribution < -0.4 is 5.32 Å². The molecule has 0 bridgehead atoms. The summed E-state index contributed by atoms with van der Waals surface area (Å²) in [6, 6.07) is 13.5. The number of nitrogens with zero attached hydrogens (tertiary/aromatic N) is 4. The molecule has 0 aliphatic carbocycles. The number of non-ortho nitro benzene ring substituents is 1. The molecule has 0 saturated heterocycles. The first-order valence-corrected chi connectivity index (χ1v) is 9.75. The van der Waals surface area contributed by atoms with E-state index in [2.05, 4.69) is 20.5 Å². The highest BCUT2D eigenvalue weighted by atomic mass is 32.2. The van der Waals surface area contributed by atoms with Gasteiger partial charge in [-0.05, 0) is 18.2 Å². The van der Waals surface area contributed by atoms with Crippen LogP contribution in [-0.4, -0.2) is 31.8 Å². The number of carbonyl (C=O) groups excluding carboxylic acids is 1. The van der Waals surface area contributed by atoms with Crippen LogP contribution in [0.3, 0.4) is 0 Å². The van der Waals surface area contributed by atoms with Crippen LogP contribution in [0.2, 0.25) is 0 Å². The summed E-state index contributed by atoms with van der Waals surface area (Å²) in [5, 5.41) is 22.1. The number of nitro groups is 1. The van der Waals surface area contributed by atoms with Gasteiger partial charge in [0.25, 0.3) is 10.9 Å². The molecule has 4 aromatic rings. The average molecular weight is 413 g/mol. The van der Waals surface area contributed by atoms with Crippen molar-refractivity contribution in [3.63, 3.8) is 0 Å². The molecule has 0 aliphatic rings. The Morgan fingerprint density at radius 1 is 1.21 bits per heavy atom. The van der Waals surface area contributed by atoms with Gasteiger partial charge in [-0.2, -0.15) is 0 Å². The van der Waals surface area contributed by atoms with E-state index in [1.807, 2.05) is 24.3 Å². The van der Waals surface area contributed by atoms with E-state index in [9.17, 15) is 14.9 Å². The first kappa shape index (κ1) is 18.1. The summed E-state index contributed by atoms with van der Waals surface area (Å²) in [4.78, 5) is 26.8. The van der Waals surface area contributed by atoms with Gasteiger partial charge in [-0.15, -0.1) is 10.2 Å². The number of carbonyl (C=O) groups is 1. The van der Waals surface area contributed by atoms with Crippen molar-refractivity contribution >= 4 is 50.0 Å². The van der Waals surface area contributed by atoms with Gasteiger partial charge in [-0.25, -0.2) is 4.98 Å². The third-order valence-electron chi connectivity index (χ3n) is 3.58. The van der Waals surface area contributed by atoms with Crippen molar-refractivity contribution in [3.05, 3.63) is 58.6 Å². The molecule has 9 nitrogen and oxygen atoms in total. The van der Waals surface area contributed by atoms with E-state index in [1.165, 1.54) is 29.5 Å². The number of nitrogens with one attached hydrogen (secondary N) is 1. The molecule has 0 fully saturated rings. The molecule has 2 heterocycles. The molecule has 140 valence electrons. The molecule has 1 amide bonds. The van der Waals surface area contributed by atoms with Gasteiger partial charge in [0.05, 0.1) is 20.9 Å². The smallest absolute Gasteiger partial charge is 0.277 e. The van der Waals surface area contributed by atoms with Crippen molar-refractivity contribution in [2.24, 2.45) is 0 Å². The number of amides is 1. The number of hydrogen-bond acceptors (Lipinski definition) is 9. The van der Waals surface area contributed by atoms with Gasteiger partial charge in [-0.3, -0.25) is 14.9 Å². The minimum absolute atomic E-state index is 0.0620. The zero-order valence-electron chi connectivity index (χ0n) is 14.1. The van der Waals surface area contributed by atoms with Gasteiger partial charge in [0.15, 0.2) is 5.13 Å². The Labute approximate surface area is 166 Å². The fourth-order valence-electron chi connectivity index (χ4n) is 2.35. The molecule has 28 heavy (non-hydrogen) atoms. The Balaban J connectivity index is 1.38. The Kier molecular flexibility index (Phi) is 5.00. The minimum atomic E-state index is -0.498. The summed E-state index contributed by atoms with van der Waals surface area (Å²) >= 11 is 2.46. The van der Waals surface area contributed by atoms with Gasteiger partial charge in [0, 0.05) is 17.7 Å². The molecule has 11 heteroatoms. The van der Waals surface area contributed by atoms with Gasteiger partial charge >= 0.3 is 0 Å². The van der Waals surface area contributed by atoms with E-state index in [1.54, 1.807) is 6.07 Å². The van der Waals surface area contributed by atoms with Crippen LogP contribution in [0.25, 0.3) is 21.7 Å². The number of thiazole rings is 1. The van der Waals surface area contributed by atoms with E-state index in [-0.39, 0.29) is 28.5 Å². The normalized spacial score (nSPS) is 10.9. The fraction of sp³-hybridized carbons (Fsp3) is 0.0588. The van der Waals surface area contributed by atoms with Crippen LogP contribution in [0.5, 0.6) is 0 Å². The van der Waals surface area contributed by atoms with E-state index in [4.69, 9.17) is 4.42 Å². The highest BCUT2D eigenvalue weighted by molar-refractivity contribution is 7.99. The second-order valence-electron chi connectivity index (χ2n) is 5.50. The van der Waals surface area contributed by atoms with E-state index in [0.29, 0.717) is 10.7 Å². The van der Waals surface area contributed by atoms with Crippen LogP contribution in [0.15, 0.2) is 58.2 Å². The highest BCUT2D eigenvalue weighted by Gasteiger charge is 2.15. The fourth-order valence-corrected chi connectivity index (χ4v) is 3.79. The first-order valence-electron chi connectivity index (χ1n) is 7.95. The molecule has 0 spiro atoms. The molecular formula is C17H11N5O4S2. The van der Waals surface area contributed by atoms with Crippen molar-refractivity contribution in [1.82, 2.24) is 15.2 Å². The SMILES string of the molecule is O=C(CSc1nnc(-c2cccc([N+](=O)[O-])c2)o1)Nc1nc2ccccc2s1. The predicted octanol–water partition coefficient (Wildman–Crippen LogP) is 3.99. The number of nitro benzene ring substituents is 1. The number of rotatable bonds is 6. The van der Waals surface area contributed by atoms with Crippen LogP contribution in [-0.2, 0) is 4.79 Å². The highest BCUT2D eigenvalue weighted by Crippen LogP contribution is 2.27. The quantitative estimate of drug-likeness (QED) is 0.286. The minimum Gasteiger partial charge on any atom is -0.411 e. The Bertz CT molecular complexity index is 1140. The molecule has 0 atom stereocenters. The van der Waals surface area contributed by atoms with Gasteiger partial charge < -0.3 is 9.73 Å². The van der Waals surface area contributed by atoms with Crippen LogP contribution in [0, 0.1) is 10.1 Å². The molecule has 4 rings (SSSR count). The van der Waals surface area contributed by atoms with Crippen molar-refractivity contribution in [1.29, 1.82) is 0 Å². The Hall–Kier alpha value is -3.31. The molecule has 1 N–H and O–H groups in total. The number of aromatic nitrogens is 3. The third-order valence-corrected chi connectivity index (χ3v) is 5.35. The molecule has 0 aliphatic heterocycles. The van der Waals surface area contributed by atoms with Crippen LogP contribution >= 0.6 is 23.1 Å². The number of fused-ring (bicyclic) bond motifs is 1. The summed E-state index contributed by atoms with van der Waals surface area (Å²) in [6.45, 7) is 0. The number of para-hydroxylation sites is 1. The van der Waals surface area contributed by atoms with Crippen molar-refractivity contribution in [2.75, 3.05) is 11.1 Å². The number of hydrogen-bond donors (Lipinski definition) is 1. The summed E-state index contributed by atoms with van der Waals surface area (Å²) in [7, 11) is 0. The maximum absolute atomic E-state index is 12.1. The topological polar surface area (TPSA) is 124 Å². The number of anilines is 1. The molecule has 0 saturated carbocycles. The summed E-state index contributed by atoms with van der Waals surface area (Å²) in [6.07, 6.45) is 0.